The molecular formula is C20H14N2O5. The molecule has 1 atom stereocenters. The molecule has 2 aromatic rings. The van der Waals surface area contributed by atoms with E-state index in [1.54, 1.807) is 42.5 Å². The average Bonchev–Trinajstić information content (AvgIpc) is 2.92. The number of benzene rings is 2. The molecule has 2 heterocycles. The lowest BCUT2D eigenvalue weighted by Gasteiger charge is -2.27. The number of hydrogen-bond donors (Lipinski definition) is 1. The topological polar surface area (TPSA) is 101 Å². The predicted molar refractivity (Wildman–Crippen MR) is 93.9 cm³/mol. The van der Waals surface area contributed by atoms with Crippen LogP contribution in [0.25, 0.3) is 11.1 Å². The fourth-order valence-electron chi connectivity index (χ4n) is 3.40. The van der Waals surface area contributed by atoms with Crippen molar-refractivity contribution in [3.8, 4) is 11.1 Å². The van der Waals surface area contributed by atoms with Gasteiger partial charge < -0.3 is 0 Å². The highest BCUT2D eigenvalue weighted by atomic mass is 16.2. The molecule has 2 aromatic carbocycles. The highest BCUT2D eigenvalue weighted by molar-refractivity contribution is 6.23. The summed E-state index contributed by atoms with van der Waals surface area (Å²) in [6.45, 7) is 0. The maximum Gasteiger partial charge on any atom is 0.262 e. The first kappa shape index (κ1) is 16.8. The van der Waals surface area contributed by atoms with Crippen molar-refractivity contribution in [2.45, 2.75) is 18.9 Å². The Balaban J connectivity index is 1.68. The predicted octanol–water partition coefficient (Wildman–Crippen LogP) is 1.57. The number of nitrogens with zero attached hydrogens (tertiary/aromatic N) is 1. The first-order valence-electron chi connectivity index (χ1n) is 8.41. The second kappa shape index (κ2) is 6.28. The van der Waals surface area contributed by atoms with Crippen LogP contribution in [0.5, 0.6) is 0 Å². The monoisotopic (exact) mass is 362 g/mol. The summed E-state index contributed by atoms with van der Waals surface area (Å²) in [7, 11) is 0. The molecule has 7 heteroatoms. The van der Waals surface area contributed by atoms with E-state index in [9.17, 15) is 24.0 Å². The Morgan fingerprint density at radius 3 is 2.22 bits per heavy atom. The molecule has 0 saturated carbocycles. The van der Waals surface area contributed by atoms with E-state index >= 15 is 0 Å². The van der Waals surface area contributed by atoms with Gasteiger partial charge in [-0.1, -0.05) is 30.3 Å². The molecule has 1 N–H and O–H groups in total. The van der Waals surface area contributed by atoms with E-state index in [4.69, 9.17) is 0 Å². The van der Waals surface area contributed by atoms with Crippen LogP contribution in [0, 0.1) is 0 Å². The second-order valence-corrected chi connectivity index (χ2v) is 6.45. The summed E-state index contributed by atoms with van der Waals surface area (Å²) in [4.78, 5) is 60.6. The summed E-state index contributed by atoms with van der Waals surface area (Å²) in [5.41, 5.74) is 2.51. The highest BCUT2D eigenvalue weighted by Crippen LogP contribution is 2.31. The lowest BCUT2D eigenvalue weighted by atomic mass is 9.99. The minimum atomic E-state index is -0.981. The highest BCUT2D eigenvalue weighted by Gasteiger charge is 2.44. The van der Waals surface area contributed by atoms with Crippen LogP contribution in [0.15, 0.2) is 42.5 Å². The third-order valence-corrected chi connectivity index (χ3v) is 4.82. The van der Waals surface area contributed by atoms with Crippen LogP contribution in [-0.2, 0) is 9.59 Å². The Bertz CT molecular complexity index is 1010. The number of piperidine rings is 1. The minimum Gasteiger partial charge on any atom is -0.298 e. The van der Waals surface area contributed by atoms with Gasteiger partial charge in [0.1, 0.15) is 12.3 Å². The normalized spacial score (nSPS) is 19.1. The van der Waals surface area contributed by atoms with E-state index in [0.717, 1.165) is 22.3 Å². The van der Waals surface area contributed by atoms with Crippen LogP contribution in [0.1, 0.15) is 43.9 Å². The fraction of sp³-hybridized carbons (Fsp3) is 0.150. The molecule has 0 spiro atoms. The molecule has 2 aliphatic rings. The van der Waals surface area contributed by atoms with Crippen LogP contribution in [0.3, 0.4) is 0 Å². The summed E-state index contributed by atoms with van der Waals surface area (Å²) in [5, 5.41) is 2.17. The molecule has 0 aromatic heterocycles. The van der Waals surface area contributed by atoms with E-state index in [0.29, 0.717) is 5.56 Å². The van der Waals surface area contributed by atoms with E-state index < -0.39 is 29.7 Å². The molecule has 1 unspecified atom stereocenters. The number of nitrogens with one attached hydrogen (secondary N) is 1. The van der Waals surface area contributed by atoms with Crippen LogP contribution >= 0.6 is 0 Å². The van der Waals surface area contributed by atoms with Gasteiger partial charge in [-0.15, -0.1) is 0 Å². The molecule has 0 bridgehead atoms. The number of hydrogen-bond acceptors (Lipinski definition) is 5. The third kappa shape index (κ3) is 2.73. The molecule has 0 aliphatic carbocycles. The molecule has 134 valence electrons. The number of carbonyl (C=O) groups is 5. The van der Waals surface area contributed by atoms with E-state index in [-0.39, 0.29) is 24.0 Å². The van der Waals surface area contributed by atoms with Crippen LogP contribution in [-0.4, -0.2) is 40.9 Å². The molecule has 1 saturated heterocycles. The number of amides is 4. The van der Waals surface area contributed by atoms with E-state index in [1.165, 1.54) is 0 Å². The standard InChI is InChI=1S/C20H14N2O5/c23-10-11-1-3-12(4-2-11)13-5-6-14-15(9-13)20(27)22(19(14)26)16-7-8-17(24)21-18(16)25/h1-6,9-10,16H,7-8H2,(H,21,24,25). The van der Waals surface area contributed by atoms with Crippen molar-refractivity contribution < 1.29 is 24.0 Å². The lowest BCUT2D eigenvalue weighted by molar-refractivity contribution is -0.136. The second-order valence-electron chi connectivity index (χ2n) is 6.45. The quantitative estimate of drug-likeness (QED) is 0.660. The van der Waals surface area contributed by atoms with Crippen molar-refractivity contribution in [2.24, 2.45) is 0 Å². The molecule has 4 amide bonds. The van der Waals surface area contributed by atoms with Crippen LogP contribution in [0.4, 0.5) is 0 Å². The largest absolute Gasteiger partial charge is 0.298 e. The minimum absolute atomic E-state index is 0.0815. The molecule has 2 aliphatic heterocycles. The Labute approximate surface area is 154 Å². The first-order valence-corrected chi connectivity index (χ1v) is 8.41. The molecule has 7 nitrogen and oxygen atoms in total. The molecule has 0 radical (unpaired) electrons. The zero-order valence-corrected chi connectivity index (χ0v) is 14.1. The number of aldehydes is 1. The zero-order valence-electron chi connectivity index (χ0n) is 14.1. The number of carbonyl (C=O) groups excluding carboxylic acids is 5. The van der Waals surface area contributed by atoms with Gasteiger partial charge in [0.25, 0.3) is 11.8 Å². The molecular weight excluding hydrogens is 348 g/mol. The van der Waals surface area contributed by atoms with Crippen molar-refractivity contribution in [2.75, 3.05) is 0 Å². The average molecular weight is 362 g/mol. The first-order chi connectivity index (χ1) is 13.0. The van der Waals surface area contributed by atoms with E-state index in [2.05, 4.69) is 5.32 Å². The summed E-state index contributed by atoms with van der Waals surface area (Å²) in [6, 6.07) is 10.7. The van der Waals surface area contributed by atoms with E-state index in [1.807, 2.05) is 0 Å². The van der Waals surface area contributed by atoms with Crippen molar-refractivity contribution in [1.29, 1.82) is 0 Å². The molecule has 4 rings (SSSR count). The van der Waals surface area contributed by atoms with Gasteiger partial charge in [0.15, 0.2) is 0 Å². The van der Waals surface area contributed by atoms with Gasteiger partial charge in [-0.25, -0.2) is 0 Å². The summed E-state index contributed by atoms with van der Waals surface area (Å²) in [6.07, 6.45) is 0.945. The summed E-state index contributed by atoms with van der Waals surface area (Å²) >= 11 is 0. The van der Waals surface area contributed by atoms with Crippen molar-refractivity contribution >= 4 is 29.9 Å². The zero-order chi connectivity index (χ0) is 19.1. The van der Waals surface area contributed by atoms with Crippen molar-refractivity contribution in [3.63, 3.8) is 0 Å². The van der Waals surface area contributed by atoms with Gasteiger partial charge in [-0.2, -0.15) is 0 Å². The number of fused-ring (bicyclic) bond motifs is 1. The van der Waals surface area contributed by atoms with Crippen LogP contribution in [0.2, 0.25) is 0 Å². The van der Waals surface area contributed by atoms with Gasteiger partial charge in [0.2, 0.25) is 11.8 Å². The van der Waals surface area contributed by atoms with Gasteiger partial charge in [0.05, 0.1) is 11.1 Å². The smallest absolute Gasteiger partial charge is 0.262 e. The van der Waals surface area contributed by atoms with Crippen LogP contribution < -0.4 is 5.32 Å². The van der Waals surface area contributed by atoms with Crippen molar-refractivity contribution in [3.05, 3.63) is 59.2 Å². The van der Waals surface area contributed by atoms with Gasteiger partial charge in [0, 0.05) is 12.0 Å². The third-order valence-electron chi connectivity index (χ3n) is 4.82. The number of rotatable bonds is 3. The Morgan fingerprint density at radius 1 is 0.889 bits per heavy atom. The maximum absolute atomic E-state index is 12.8. The fourth-order valence-corrected chi connectivity index (χ4v) is 3.40. The lowest BCUT2D eigenvalue weighted by Crippen LogP contribution is -2.54. The Morgan fingerprint density at radius 2 is 1.56 bits per heavy atom. The number of imide groups is 2. The SMILES string of the molecule is O=Cc1ccc(-c2ccc3c(c2)C(=O)N(C2CCC(=O)NC2=O)C3=O)cc1. The van der Waals surface area contributed by atoms with Gasteiger partial charge >= 0.3 is 0 Å². The Hall–Kier alpha value is -3.61. The molecule has 1 fully saturated rings. The van der Waals surface area contributed by atoms with Gasteiger partial charge in [-0.05, 0) is 29.7 Å². The molecule has 27 heavy (non-hydrogen) atoms. The maximum atomic E-state index is 12.8. The summed E-state index contributed by atoms with van der Waals surface area (Å²) < 4.78 is 0. The van der Waals surface area contributed by atoms with Crippen molar-refractivity contribution in [1.82, 2.24) is 10.2 Å². The summed E-state index contributed by atoms with van der Waals surface area (Å²) in [5.74, 6) is -2.12. The van der Waals surface area contributed by atoms with Gasteiger partial charge in [-0.3, -0.25) is 34.2 Å². The Kier molecular flexibility index (Phi) is 3.92.